The van der Waals surface area contributed by atoms with Crippen LogP contribution in [0.5, 0.6) is 0 Å². The highest BCUT2D eigenvalue weighted by Gasteiger charge is 2.02. The predicted octanol–water partition coefficient (Wildman–Crippen LogP) is 6.29. The van der Waals surface area contributed by atoms with Gasteiger partial charge in [0, 0.05) is 6.42 Å². The fourth-order valence-corrected chi connectivity index (χ4v) is 2.81. The molecular weight excluding hydrogens is 220 g/mol. The Balaban J connectivity index is 2.29. The highest BCUT2D eigenvalue weighted by molar-refractivity contribution is 5.04. The van der Waals surface area contributed by atoms with E-state index in [-0.39, 0.29) is 0 Å². The molecule has 18 heavy (non-hydrogen) atoms. The quantitative estimate of drug-likeness (QED) is 0.537. The summed E-state index contributed by atoms with van der Waals surface area (Å²) in [6, 6.07) is 0. The molecule has 1 nitrogen and oxygen atoms in total. The van der Waals surface area contributed by atoms with Crippen molar-refractivity contribution >= 4 is 0 Å². The molecule has 0 radical (unpaired) electrons. The van der Waals surface area contributed by atoms with Crippen LogP contribution in [-0.4, -0.2) is 5.11 Å². The molecule has 1 aliphatic carbocycles. The normalized spacial score (nSPS) is 22.9. The van der Waals surface area contributed by atoms with Gasteiger partial charge in [0.1, 0.15) is 0 Å². The van der Waals surface area contributed by atoms with E-state index in [0.717, 1.165) is 12.8 Å². The molecule has 0 aromatic carbocycles. The number of allylic oxidation sites excluding steroid dienone is 2. The lowest BCUT2D eigenvalue weighted by Gasteiger charge is -2.08. The largest absolute Gasteiger partial charge is 0.512 e. The Kier molecular flexibility index (Phi) is 9.06. The second-order valence-electron chi connectivity index (χ2n) is 5.97. The molecule has 0 saturated carbocycles. The molecule has 0 amide bonds. The standard InChI is InChI=1S/C17H32O/c1-16-14-12-10-8-6-4-2-3-5-7-9-11-13-15-17(16)18/h18H,2-15H2,1H3. The fourth-order valence-electron chi connectivity index (χ4n) is 2.81. The summed E-state index contributed by atoms with van der Waals surface area (Å²) in [4.78, 5) is 0. The van der Waals surface area contributed by atoms with Gasteiger partial charge in [0.25, 0.3) is 0 Å². The van der Waals surface area contributed by atoms with Crippen LogP contribution < -0.4 is 0 Å². The first-order valence-corrected chi connectivity index (χ1v) is 8.18. The second kappa shape index (κ2) is 10.5. The van der Waals surface area contributed by atoms with Crippen LogP contribution in [0.15, 0.2) is 11.3 Å². The van der Waals surface area contributed by atoms with E-state index in [2.05, 4.69) is 6.92 Å². The van der Waals surface area contributed by atoms with E-state index in [1.54, 1.807) is 0 Å². The minimum atomic E-state index is 0.682. The maximum Gasteiger partial charge on any atom is 0.0911 e. The summed E-state index contributed by atoms with van der Waals surface area (Å²) >= 11 is 0. The lowest BCUT2D eigenvalue weighted by molar-refractivity contribution is 0.369. The van der Waals surface area contributed by atoms with Gasteiger partial charge in [0.05, 0.1) is 5.76 Å². The van der Waals surface area contributed by atoms with Crippen molar-refractivity contribution in [3.8, 4) is 0 Å². The second-order valence-corrected chi connectivity index (χ2v) is 5.97. The predicted molar refractivity (Wildman–Crippen MR) is 80.0 cm³/mol. The first kappa shape index (κ1) is 15.6. The lowest BCUT2D eigenvalue weighted by atomic mass is 10.0. The van der Waals surface area contributed by atoms with Gasteiger partial charge < -0.3 is 5.11 Å². The van der Waals surface area contributed by atoms with E-state index < -0.39 is 0 Å². The van der Waals surface area contributed by atoms with Crippen LogP contribution in [-0.2, 0) is 0 Å². The molecule has 0 aliphatic heterocycles. The molecule has 0 aromatic heterocycles. The van der Waals surface area contributed by atoms with Crippen molar-refractivity contribution in [1.82, 2.24) is 0 Å². The first-order chi connectivity index (χ1) is 8.80. The smallest absolute Gasteiger partial charge is 0.0911 e. The molecule has 1 aliphatic rings. The third kappa shape index (κ3) is 7.79. The molecule has 0 heterocycles. The van der Waals surface area contributed by atoms with E-state index in [9.17, 15) is 5.11 Å². The molecule has 0 spiro atoms. The third-order valence-corrected chi connectivity index (χ3v) is 4.21. The van der Waals surface area contributed by atoms with Gasteiger partial charge in [-0.2, -0.15) is 0 Å². The van der Waals surface area contributed by atoms with Crippen molar-refractivity contribution in [2.24, 2.45) is 0 Å². The minimum Gasteiger partial charge on any atom is -0.512 e. The van der Waals surface area contributed by atoms with Gasteiger partial charge in [-0.3, -0.25) is 0 Å². The summed E-state index contributed by atoms with van der Waals surface area (Å²) in [7, 11) is 0. The van der Waals surface area contributed by atoms with Gasteiger partial charge >= 0.3 is 0 Å². The van der Waals surface area contributed by atoms with E-state index in [1.807, 2.05) is 0 Å². The van der Waals surface area contributed by atoms with Crippen LogP contribution >= 0.6 is 0 Å². The lowest BCUT2D eigenvalue weighted by Crippen LogP contribution is -1.91. The van der Waals surface area contributed by atoms with Crippen molar-refractivity contribution < 1.29 is 5.11 Å². The van der Waals surface area contributed by atoms with Crippen molar-refractivity contribution in [3.05, 3.63) is 11.3 Å². The van der Waals surface area contributed by atoms with Crippen molar-refractivity contribution in [2.45, 2.75) is 96.8 Å². The third-order valence-electron chi connectivity index (χ3n) is 4.21. The Morgan fingerprint density at radius 1 is 0.556 bits per heavy atom. The number of rotatable bonds is 0. The average molecular weight is 252 g/mol. The zero-order valence-corrected chi connectivity index (χ0v) is 12.3. The molecule has 0 aromatic rings. The van der Waals surface area contributed by atoms with Crippen LogP contribution in [0.25, 0.3) is 0 Å². The van der Waals surface area contributed by atoms with Crippen LogP contribution in [0.3, 0.4) is 0 Å². The van der Waals surface area contributed by atoms with E-state index >= 15 is 0 Å². The van der Waals surface area contributed by atoms with Gasteiger partial charge in [0.15, 0.2) is 0 Å². The van der Waals surface area contributed by atoms with E-state index in [0.29, 0.717) is 5.76 Å². The van der Waals surface area contributed by atoms with Crippen LogP contribution in [0.1, 0.15) is 96.8 Å². The van der Waals surface area contributed by atoms with Gasteiger partial charge in [0.2, 0.25) is 0 Å². The Bertz CT molecular complexity index is 206. The van der Waals surface area contributed by atoms with E-state index in [4.69, 9.17) is 0 Å². The maximum atomic E-state index is 9.97. The molecule has 0 saturated heterocycles. The van der Waals surface area contributed by atoms with Crippen LogP contribution in [0.2, 0.25) is 0 Å². The molecule has 0 bridgehead atoms. The van der Waals surface area contributed by atoms with Crippen molar-refractivity contribution in [3.63, 3.8) is 0 Å². The molecule has 0 fully saturated rings. The SMILES string of the molecule is CC1=C(O)CCCCCCCCCCCCCC1. The number of aliphatic hydroxyl groups is 1. The van der Waals surface area contributed by atoms with Gasteiger partial charge in [-0.15, -0.1) is 0 Å². The molecular formula is C17H32O. The number of hydrogen-bond donors (Lipinski definition) is 1. The Hall–Kier alpha value is -0.460. The minimum absolute atomic E-state index is 0.682. The molecule has 1 rings (SSSR count). The summed E-state index contributed by atoms with van der Waals surface area (Å²) < 4.78 is 0. The summed E-state index contributed by atoms with van der Waals surface area (Å²) in [5.74, 6) is 0.682. The van der Waals surface area contributed by atoms with Gasteiger partial charge in [-0.05, 0) is 31.8 Å². The van der Waals surface area contributed by atoms with Crippen LogP contribution in [0, 0.1) is 0 Å². The summed E-state index contributed by atoms with van der Waals surface area (Å²) in [5, 5.41) is 9.97. The van der Waals surface area contributed by atoms with Crippen molar-refractivity contribution in [1.29, 1.82) is 0 Å². The molecule has 106 valence electrons. The zero-order chi connectivity index (χ0) is 13.1. The molecule has 0 atom stereocenters. The van der Waals surface area contributed by atoms with Gasteiger partial charge in [-0.1, -0.05) is 64.2 Å². The summed E-state index contributed by atoms with van der Waals surface area (Å²) in [6.07, 6.45) is 18.3. The summed E-state index contributed by atoms with van der Waals surface area (Å²) in [5.41, 5.74) is 1.24. The molecule has 0 unspecified atom stereocenters. The van der Waals surface area contributed by atoms with Gasteiger partial charge in [-0.25, -0.2) is 0 Å². The highest BCUT2D eigenvalue weighted by Crippen LogP contribution is 2.19. The average Bonchev–Trinajstić information content (AvgIpc) is 2.37. The fraction of sp³-hybridized carbons (Fsp3) is 0.882. The zero-order valence-electron chi connectivity index (χ0n) is 12.3. The Morgan fingerprint density at radius 2 is 0.889 bits per heavy atom. The monoisotopic (exact) mass is 252 g/mol. The number of aliphatic hydroxyl groups excluding tert-OH is 1. The van der Waals surface area contributed by atoms with Crippen LogP contribution in [0.4, 0.5) is 0 Å². The Labute approximate surface area is 114 Å². The topological polar surface area (TPSA) is 20.2 Å². The Morgan fingerprint density at radius 3 is 1.33 bits per heavy atom. The molecule has 1 heteroatoms. The highest BCUT2D eigenvalue weighted by atomic mass is 16.3. The summed E-state index contributed by atoms with van der Waals surface area (Å²) in [6.45, 7) is 2.11. The molecule has 1 N–H and O–H groups in total. The number of hydrogen-bond acceptors (Lipinski definition) is 1. The first-order valence-electron chi connectivity index (χ1n) is 8.18. The van der Waals surface area contributed by atoms with Crippen molar-refractivity contribution in [2.75, 3.05) is 0 Å². The maximum absolute atomic E-state index is 9.97. The van der Waals surface area contributed by atoms with E-state index in [1.165, 1.54) is 82.6 Å².